The Kier molecular flexibility index (Phi) is 5.53. The van der Waals surface area contributed by atoms with Crippen molar-refractivity contribution in [3.63, 3.8) is 0 Å². The molecule has 4 nitrogen and oxygen atoms in total. The van der Waals surface area contributed by atoms with Gasteiger partial charge < -0.3 is 10.1 Å². The van der Waals surface area contributed by atoms with Gasteiger partial charge in [-0.1, -0.05) is 11.6 Å². The highest BCUT2D eigenvalue weighted by Gasteiger charge is 2.15. The number of thioether (sulfide) groups is 1. The molecular weight excluding hydrogens is 270 g/mol. The van der Waals surface area contributed by atoms with E-state index in [0.717, 1.165) is 12.4 Å². The second-order valence-electron chi connectivity index (χ2n) is 4.15. The summed E-state index contributed by atoms with van der Waals surface area (Å²) in [6.45, 7) is 3.94. The van der Waals surface area contributed by atoms with Crippen LogP contribution in [0.1, 0.15) is 25.6 Å². The number of anilines is 1. The summed E-state index contributed by atoms with van der Waals surface area (Å²) >= 11 is 7.99. The molecule has 1 aliphatic heterocycles. The first-order valence-corrected chi connectivity index (χ1v) is 7.67. The van der Waals surface area contributed by atoms with Crippen LogP contribution in [0.2, 0.25) is 5.15 Å². The topological polar surface area (TPSA) is 47.0 Å². The third-order valence-corrected chi connectivity index (χ3v) is 4.30. The van der Waals surface area contributed by atoms with E-state index >= 15 is 0 Å². The van der Waals surface area contributed by atoms with Crippen molar-refractivity contribution >= 4 is 29.2 Å². The maximum atomic E-state index is 5.97. The summed E-state index contributed by atoms with van der Waals surface area (Å²) in [5, 5.41) is 4.48. The first-order valence-electron chi connectivity index (χ1n) is 6.24. The summed E-state index contributed by atoms with van der Waals surface area (Å²) in [7, 11) is 0. The Labute approximate surface area is 117 Å². The van der Waals surface area contributed by atoms with Gasteiger partial charge in [-0.05, 0) is 25.5 Å². The molecule has 1 saturated heterocycles. The maximum absolute atomic E-state index is 5.97. The average Bonchev–Trinajstić information content (AvgIpc) is 2.86. The van der Waals surface area contributed by atoms with Crippen LogP contribution in [0, 0.1) is 0 Å². The van der Waals surface area contributed by atoms with E-state index in [9.17, 15) is 0 Å². The van der Waals surface area contributed by atoms with E-state index in [-0.39, 0.29) is 0 Å². The smallest absolute Gasteiger partial charge is 0.158 e. The molecule has 18 heavy (non-hydrogen) atoms. The van der Waals surface area contributed by atoms with Crippen LogP contribution in [0.25, 0.3) is 0 Å². The molecule has 1 fully saturated rings. The zero-order chi connectivity index (χ0) is 12.8. The molecule has 0 saturated carbocycles. The molecule has 1 aromatic heterocycles. The molecule has 6 heteroatoms. The predicted molar refractivity (Wildman–Crippen MR) is 76.3 cm³/mol. The number of ether oxygens (including phenoxy) is 1. The standard InChI is InChI=1S/C12H18ClN3OS/c1-2-17-8-12-15-10(13)6-11(16-12)14-7-9-4-3-5-18-9/h6,9H,2-5,7-8H2,1H3,(H,14,15,16). The number of halogens is 1. The molecule has 0 spiro atoms. The minimum atomic E-state index is 0.407. The first kappa shape index (κ1) is 13.9. The monoisotopic (exact) mass is 287 g/mol. The third kappa shape index (κ3) is 4.30. The molecular formula is C12H18ClN3OS. The number of hydrogen-bond acceptors (Lipinski definition) is 5. The number of nitrogens with zero attached hydrogens (tertiary/aromatic N) is 2. The van der Waals surface area contributed by atoms with E-state index in [4.69, 9.17) is 16.3 Å². The minimum Gasteiger partial charge on any atom is -0.374 e. The number of rotatable bonds is 6. The van der Waals surface area contributed by atoms with E-state index < -0.39 is 0 Å². The summed E-state index contributed by atoms with van der Waals surface area (Å²) in [6.07, 6.45) is 2.60. The van der Waals surface area contributed by atoms with E-state index in [1.165, 1.54) is 18.6 Å². The fourth-order valence-electron chi connectivity index (χ4n) is 1.84. The molecule has 1 aromatic rings. The lowest BCUT2D eigenvalue weighted by molar-refractivity contribution is 0.128. The predicted octanol–water partition coefficient (Wildman–Crippen LogP) is 2.97. The fraction of sp³-hybridized carbons (Fsp3) is 0.667. The maximum Gasteiger partial charge on any atom is 0.158 e. The Hall–Kier alpha value is -0.520. The normalized spacial score (nSPS) is 19.1. The average molecular weight is 288 g/mol. The lowest BCUT2D eigenvalue weighted by Gasteiger charge is -2.11. The highest BCUT2D eigenvalue weighted by molar-refractivity contribution is 8.00. The van der Waals surface area contributed by atoms with Gasteiger partial charge in [-0.2, -0.15) is 11.8 Å². The summed E-state index contributed by atoms with van der Waals surface area (Å²) in [6, 6.07) is 1.76. The van der Waals surface area contributed by atoms with Gasteiger partial charge in [0.05, 0.1) is 0 Å². The summed E-state index contributed by atoms with van der Waals surface area (Å²) in [5.41, 5.74) is 0. The summed E-state index contributed by atoms with van der Waals surface area (Å²) < 4.78 is 5.29. The Morgan fingerprint density at radius 1 is 1.56 bits per heavy atom. The van der Waals surface area contributed by atoms with Gasteiger partial charge in [-0.25, -0.2) is 9.97 Å². The molecule has 1 aliphatic rings. The van der Waals surface area contributed by atoms with E-state index in [1.807, 2.05) is 18.7 Å². The highest BCUT2D eigenvalue weighted by atomic mass is 35.5. The van der Waals surface area contributed by atoms with Crippen molar-refractivity contribution in [3.05, 3.63) is 17.0 Å². The zero-order valence-corrected chi connectivity index (χ0v) is 12.1. The lowest BCUT2D eigenvalue weighted by atomic mass is 10.2. The van der Waals surface area contributed by atoms with Gasteiger partial charge in [0.2, 0.25) is 0 Å². The number of nitrogens with one attached hydrogen (secondary N) is 1. The van der Waals surface area contributed by atoms with Crippen LogP contribution in [-0.4, -0.2) is 34.1 Å². The van der Waals surface area contributed by atoms with Gasteiger partial charge >= 0.3 is 0 Å². The Morgan fingerprint density at radius 2 is 2.44 bits per heavy atom. The van der Waals surface area contributed by atoms with Crippen LogP contribution >= 0.6 is 23.4 Å². The second kappa shape index (κ2) is 7.16. The molecule has 1 unspecified atom stereocenters. The Bertz CT molecular complexity index is 386. The van der Waals surface area contributed by atoms with Gasteiger partial charge in [-0.3, -0.25) is 0 Å². The van der Waals surface area contributed by atoms with Crippen LogP contribution in [0.15, 0.2) is 6.07 Å². The molecule has 0 bridgehead atoms. The largest absolute Gasteiger partial charge is 0.374 e. The SMILES string of the molecule is CCOCc1nc(Cl)cc(NCC2CCCS2)n1. The van der Waals surface area contributed by atoms with Gasteiger partial charge in [0, 0.05) is 24.5 Å². The van der Waals surface area contributed by atoms with Crippen LogP contribution < -0.4 is 5.32 Å². The van der Waals surface area contributed by atoms with Crippen LogP contribution in [-0.2, 0) is 11.3 Å². The quantitative estimate of drug-likeness (QED) is 0.815. The molecule has 1 atom stereocenters. The highest BCUT2D eigenvalue weighted by Crippen LogP contribution is 2.26. The molecule has 0 aliphatic carbocycles. The number of aromatic nitrogens is 2. The van der Waals surface area contributed by atoms with Crippen molar-refractivity contribution in [3.8, 4) is 0 Å². The molecule has 0 aromatic carbocycles. The molecule has 2 heterocycles. The molecule has 100 valence electrons. The summed E-state index contributed by atoms with van der Waals surface area (Å²) in [5.74, 6) is 2.69. The van der Waals surface area contributed by atoms with Crippen molar-refractivity contribution in [2.24, 2.45) is 0 Å². The van der Waals surface area contributed by atoms with Crippen LogP contribution in [0.4, 0.5) is 5.82 Å². The van der Waals surface area contributed by atoms with Crippen molar-refractivity contribution < 1.29 is 4.74 Å². The fourth-order valence-corrected chi connectivity index (χ4v) is 3.24. The molecule has 2 rings (SSSR count). The lowest BCUT2D eigenvalue weighted by Crippen LogP contribution is -2.15. The Balaban J connectivity index is 1.91. The van der Waals surface area contributed by atoms with Gasteiger partial charge in [0.1, 0.15) is 17.6 Å². The Morgan fingerprint density at radius 3 is 3.17 bits per heavy atom. The van der Waals surface area contributed by atoms with Crippen molar-refractivity contribution in [2.75, 3.05) is 24.2 Å². The van der Waals surface area contributed by atoms with Crippen molar-refractivity contribution in [1.29, 1.82) is 0 Å². The van der Waals surface area contributed by atoms with Gasteiger partial charge in [-0.15, -0.1) is 0 Å². The summed E-state index contributed by atoms with van der Waals surface area (Å²) in [4.78, 5) is 8.53. The second-order valence-corrected chi connectivity index (χ2v) is 5.94. The molecule has 0 amide bonds. The van der Waals surface area contributed by atoms with Crippen LogP contribution in [0.5, 0.6) is 0 Å². The molecule has 0 radical (unpaired) electrons. The number of hydrogen-bond donors (Lipinski definition) is 1. The van der Waals surface area contributed by atoms with Crippen LogP contribution in [0.3, 0.4) is 0 Å². The van der Waals surface area contributed by atoms with Gasteiger partial charge in [0.15, 0.2) is 5.82 Å². The van der Waals surface area contributed by atoms with Gasteiger partial charge in [0.25, 0.3) is 0 Å². The van der Waals surface area contributed by atoms with E-state index in [2.05, 4.69) is 15.3 Å². The first-order chi connectivity index (χ1) is 8.78. The third-order valence-electron chi connectivity index (χ3n) is 2.71. The minimum absolute atomic E-state index is 0.407. The van der Waals surface area contributed by atoms with E-state index in [1.54, 1.807) is 6.07 Å². The van der Waals surface area contributed by atoms with Crippen molar-refractivity contribution in [2.45, 2.75) is 31.6 Å². The van der Waals surface area contributed by atoms with Crippen molar-refractivity contribution in [1.82, 2.24) is 9.97 Å². The zero-order valence-electron chi connectivity index (χ0n) is 10.5. The molecule has 1 N–H and O–H groups in total. The van der Waals surface area contributed by atoms with E-state index in [0.29, 0.717) is 29.4 Å².